The van der Waals surface area contributed by atoms with Crippen LogP contribution in [-0.4, -0.2) is 29.6 Å². The van der Waals surface area contributed by atoms with Crippen molar-refractivity contribution in [2.24, 2.45) is 0 Å². The second kappa shape index (κ2) is 5.37. The van der Waals surface area contributed by atoms with Crippen molar-refractivity contribution in [1.82, 2.24) is 4.90 Å². The molecule has 0 bridgehead atoms. The van der Waals surface area contributed by atoms with Crippen molar-refractivity contribution in [2.45, 2.75) is 18.9 Å². The van der Waals surface area contributed by atoms with Crippen LogP contribution in [0.5, 0.6) is 0 Å². The van der Waals surface area contributed by atoms with E-state index in [-0.39, 0.29) is 0 Å². The van der Waals surface area contributed by atoms with Crippen molar-refractivity contribution >= 4 is 23.2 Å². The molecule has 1 aromatic rings. The Labute approximate surface area is 106 Å². The van der Waals surface area contributed by atoms with E-state index in [4.69, 9.17) is 23.2 Å². The number of halogens is 2. The quantitative estimate of drug-likeness (QED) is 0.902. The molecule has 0 amide bonds. The second-order valence-corrected chi connectivity index (χ2v) is 5.01. The van der Waals surface area contributed by atoms with Crippen molar-refractivity contribution in [3.63, 3.8) is 0 Å². The number of β-amino-alcohol motifs (C(OH)–C–C–N with tert-alkyl or cyclic N) is 1. The molecule has 0 aliphatic carbocycles. The number of hydrogen-bond acceptors (Lipinski definition) is 2. The van der Waals surface area contributed by atoms with Crippen LogP contribution in [0.25, 0.3) is 0 Å². The van der Waals surface area contributed by atoms with E-state index >= 15 is 0 Å². The topological polar surface area (TPSA) is 23.5 Å². The Balaban J connectivity index is 2.02. The van der Waals surface area contributed by atoms with Gasteiger partial charge in [-0.15, -0.1) is 0 Å². The molecule has 1 aliphatic rings. The van der Waals surface area contributed by atoms with E-state index in [0.29, 0.717) is 16.6 Å². The van der Waals surface area contributed by atoms with Crippen LogP contribution in [0.3, 0.4) is 0 Å². The smallest absolute Gasteiger partial charge is 0.0917 e. The number of aliphatic hydroxyl groups excluding tert-OH is 1. The molecule has 0 unspecified atom stereocenters. The van der Waals surface area contributed by atoms with Crippen LogP contribution in [0.4, 0.5) is 0 Å². The Morgan fingerprint density at radius 3 is 2.50 bits per heavy atom. The Hall–Kier alpha value is -0.280. The standard InChI is InChI=1S/C12H15Cl2NO/c13-10-4-3-9(7-11(10)14)12(16)8-15-5-1-2-6-15/h3-4,7,12,16H,1-2,5-6,8H2/t12-/m1/s1. The summed E-state index contributed by atoms with van der Waals surface area (Å²) in [4.78, 5) is 2.27. The highest BCUT2D eigenvalue weighted by Crippen LogP contribution is 2.26. The number of hydrogen-bond donors (Lipinski definition) is 1. The summed E-state index contributed by atoms with van der Waals surface area (Å²) in [5, 5.41) is 11.1. The summed E-state index contributed by atoms with van der Waals surface area (Å²) in [5.41, 5.74) is 0.835. The zero-order valence-electron chi connectivity index (χ0n) is 9.00. The van der Waals surface area contributed by atoms with Gasteiger partial charge in [0.1, 0.15) is 0 Å². The minimum atomic E-state index is -0.479. The van der Waals surface area contributed by atoms with E-state index in [2.05, 4.69) is 4.90 Å². The molecular weight excluding hydrogens is 245 g/mol. The molecule has 88 valence electrons. The van der Waals surface area contributed by atoms with E-state index < -0.39 is 6.10 Å². The Kier molecular flexibility index (Phi) is 4.09. The molecule has 16 heavy (non-hydrogen) atoms. The lowest BCUT2D eigenvalue weighted by Gasteiger charge is -2.19. The predicted molar refractivity (Wildman–Crippen MR) is 67.1 cm³/mol. The van der Waals surface area contributed by atoms with E-state index in [1.54, 1.807) is 12.1 Å². The average molecular weight is 260 g/mol. The van der Waals surface area contributed by atoms with Gasteiger partial charge in [0.15, 0.2) is 0 Å². The maximum Gasteiger partial charge on any atom is 0.0917 e. The molecular formula is C12H15Cl2NO. The lowest BCUT2D eigenvalue weighted by atomic mass is 10.1. The Morgan fingerprint density at radius 2 is 1.88 bits per heavy atom. The summed E-state index contributed by atoms with van der Waals surface area (Å²) >= 11 is 11.7. The molecule has 0 aromatic heterocycles. The average Bonchev–Trinajstić information content (AvgIpc) is 2.74. The van der Waals surface area contributed by atoms with Gasteiger partial charge in [-0.25, -0.2) is 0 Å². The molecule has 1 N–H and O–H groups in total. The fourth-order valence-corrected chi connectivity index (χ4v) is 2.34. The van der Waals surface area contributed by atoms with Gasteiger partial charge in [-0.1, -0.05) is 29.3 Å². The molecule has 0 spiro atoms. The molecule has 1 heterocycles. The van der Waals surface area contributed by atoms with Gasteiger partial charge in [-0.05, 0) is 43.6 Å². The first kappa shape index (κ1) is 12.2. The highest BCUT2D eigenvalue weighted by Gasteiger charge is 2.17. The number of aliphatic hydroxyl groups is 1. The third-order valence-corrected chi connectivity index (χ3v) is 3.70. The second-order valence-electron chi connectivity index (χ2n) is 4.20. The van der Waals surface area contributed by atoms with Gasteiger partial charge in [-0.2, -0.15) is 0 Å². The maximum atomic E-state index is 10.1. The van der Waals surface area contributed by atoms with Gasteiger partial charge < -0.3 is 10.0 Å². The first-order valence-electron chi connectivity index (χ1n) is 5.52. The zero-order chi connectivity index (χ0) is 11.5. The fraction of sp³-hybridized carbons (Fsp3) is 0.500. The molecule has 0 radical (unpaired) electrons. The summed E-state index contributed by atoms with van der Waals surface area (Å²) in [7, 11) is 0. The van der Waals surface area contributed by atoms with E-state index in [1.807, 2.05) is 6.07 Å². The largest absolute Gasteiger partial charge is 0.387 e. The Bertz CT molecular complexity index is 364. The molecule has 4 heteroatoms. The highest BCUT2D eigenvalue weighted by atomic mass is 35.5. The summed E-state index contributed by atoms with van der Waals surface area (Å²) in [6, 6.07) is 5.30. The first-order chi connectivity index (χ1) is 7.66. The van der Waals surface area contributed by atoms with Crippen molar-refractivity contribution in [2.75, 3.05) is 19.6 Å². The summed E-state index contributed by atoms with van der Waals surface area (Å²) in [6.07, 6.45) is 1.98. The third kappa shape index (κ3) is 2.89. The predicted octanol–water partition coefficient (Wildman–Crippen LogP) is 3.12. The van der Waals surface area contributed by atoms with Gasteiger partial charge in [0.25, 0.3) is 0 Å². The normalized spacial score (nSPS) is 18.9. The number of benzene rings is 1. The van der Waals surface area contributed by atoms with Crippen LogP contribution in [0, 0.1) is 0 Å². The van der Waals surface area contributed by atoms with Crippen molar-refractivity contribution in [1.29, 1.82) is 0 Å². The van der Waals surface area contributed by atoms with Crippen LogP contribution in [-0.2, 0) is 0 Å². The van der Waals surface area contributed by atoms with Crippen molar-refractivity contribution in [3.05, 3.63) is 33.8 Å². The highest BCUT2D eigenvalue weighted by molar-refractivity contribution is 6.42. The molecule has 2 nitrogen and oxygen atoms in total. The van der Waals surface area contributed by atoms with Crippen LogP contribution >= 0.6 is 23.2 Å². The fourth-order valence-electron chi connectivity index (χ4n) is 2.03. The van der Waals surface area contributed by atoms with Gasteiger partial charge in [0.05, 0.1) is 16.1 Å². The molecule has 1 saturated heterocycles. The minimum absolute atomic E-state index is 0.479. The van der Waals surface area contributed by atoms with Crippen LogP contribution in [0.15, 0.2) is 18.2 Å². The lowest BCUT2D eigenvalue weighted by Crippen LogP contribution is -2.25. The van der Waals surface area contributed by atoms with E-state index in [1.165, 1.54) is 12.8 Å². The SMILES string of the molecule is O[C@H](CN1CCCC1)c1ccc(Cl)c(Cl)c1. The zero-order valence-corrected chi connectivity index (χ0v) is 10.5. The minimum Gasteiger partial charge on any atom is -0.387 e. The molecule has 2 rings (SSSR count). The van der Waals surface area contributed by atoms with Crippen molar-refractivity contribution < 1.29 is 5.11 Å². The van der Waals surface area contributed by atoms with E-state index in [0.717, 1.165) is 18.7 Å². The number of nitrogens with zero attached hydrogens (tertiary/aromatic N) is 1. The molecule has 1 aromatic carbocycles. The molecule has 0 saturated carbocycles. The van der Waals surface area contributed by atoms with Crippen LogP contribution < -0.4 is 0 Å². The van der Waals surface area contributed by atoms with Gasteiger partial charge in [0, 0.05) is 6.54 Å². The summed E-state index contributed by atoms with van der Waals surface area (Å²) in [5.74, 6) is 0. The van der Waals surface area contributed by atoms with Gasteiger partial charge >= 0.3 is 0 Å². The van der Waals surface area contributed by atoms with Crippen molar-refractivity contribution in [3.8, 4) is 0 Å². The third-order valence-electron chi connectivity index (χ3n) is 2.96. The summed E-state index contributed by atoms with van der Waals surface area (Å²) < 4.78 is 0. The Morgan fingerprint density at radius 1 is 1.19 bits per heavy atom. The van der Waals surface area contributed by atoms with Crippen LogP contribution in [0.2, 0.25) is 10.0 Å². The van der Waals surface area contributed by atoms with E-state index in [9.17, 15) is 5.11 Å². The first-order valence-corrected chi connectivity index (χ1v) is 6.28. The number of likely N-dealkylation sites (tertiary alicyclic amines) is 1. The molecule has 1 aliphatic heterocycles. The maximum absolute atomic E-state index is 10.1. The number of rotatable bonds is 3. The molecule has 1 fully saturated rings. The molecule has 1 atom stereocenters. The van der Waals surface area contributed by atoms with Gasteiger partial charge in [-0.3, -0.25) is 0 Å². The van der Waals surface area contributed by atoms with Crippen LogP contribution in [0.1, 0.15) is 24.5 Å². The monoisotopic (exact) mass is 259 g/mol. The lowest BCUT2D eigenvalue weighted by molar-refractivity contribution is 0.126. The van der Waals surface area contributed by atoms with Gasteiger partial charge in [0.2, 0.25) is 0 Å². The summed E-state index contributed by atoms with van der Waals surface area (Å²) in [6.45, 7) is 2.84.